The number of carboxylic acid groups (broad SMARTS) is 2. The summed E-state index contributed by atoms with van der Waals surface area (Å²) in [5.41, 5.74) is -1.17. The summed E-state index contributed by atoms with van der Waals surface area (Å²) in [6, 6.07) is 6.52. The van der Waals surface area contributed by atoms with Crippen molar-refractivity contribution in [3.63, 3.8) is 0 Å². The van der Waals surface area contributed by atoms with Crippen LogP contribution in [0.4, 0.5) is 0 Å². The van der Waals surface area contributed by atoms with Crippen LogP contribution in [-0.2, 0) is 16.0 Å². The summed E-state index contributed by atoms with van der Waals surface area (Å²) in [6.45, 7) is 3.19. The van der Waals surface area contributed by atoms with Crippen molar-refractivity contribution in [2.45, 2.75) is 20.3 Å². The maximum absolute atomic E-state index is 11.4. The molecule has 1 aromatic carbocycles. The lowest BCUT2D eigenvalue weighted by Gasteiger charge is -2.28. The third-order valence-electron chi connectivity index (χ3n) is 3.15. The van der Waals surface area contributed by atoms with Gasteiger partial charge in [0, 0.05) is 5.02 Å². The van der Waals surface area contributed by atoms with Gasteiger partial charge in [0.1, 0.15) is 0 Å². The third kappa shape index (κ3) is 2.64. The summed E-state index contributed by atoms with van der Waals surface area (Å²) in [5, 5.41) is 19.1. The zero-order chi connectivity index (χ0) is 13.9. The molecule has 4 nitrogen and oxygen atoms in total. The van der Waals surface area contributed by atoms with Crippen LogP contribution in [0.5, 0.6) is 0 Å². The van der Waals surface area contributed by atoms with Crippen LogP contribution in [0.15, 0.2) is 24.3 Å². The first-order valence-corrected chi connectivity index (χ1v) is 5.89. The SMILES string of the molecule is CC(C)C(Cc1ccc(Cl)cc1)(C(=O)O)C(=O)O. The predicted octanol–water partition coefficient (Wildman–Crippen LogP) is 2.69. The van der Waals surface area contributed by atoms with E-state index in [1.54, 1.807) is 38.1 Å². The average Bonchev–Trinajstić information content (AvgIpc) is 2.26. The highest BCUT2D eigenvalue weighted by Gasteiger charge is 2.49. The second-order valence-corrected chi connectivity index (χ2v) is 4.98. The molecule has 0 heterocycles. The Morgan fingerprint density at radius 1 is 1.17 bits per heavy atom. The zero-order valence-electron chi connectivity index (χ0n) is 10.2. The Kier molecular flexibility index (Phi) is 4.35. The van der Waals surface area contributed by atoms with E-state index < -0.39 is 23.3 Å². The van der Waals surface area contributed by atoms with Gasteiger partial charge in [-0.2, -0.15) is 0 Å². The molecular formula is C13H15ClO4. The molecule has 0 spiro atoms. The standard InChI is InChI=1S/C13H15ClO4/c1-8(2)13(11(15)16,12(17)18)7-9-3-5-10(14)6-4-9/h3-6,8H,7H2,1-2H3,(H,15,16)(H,17,18). The van der Waals surface area contributed by atoms with E-state index in [1.165, 1.54) is 0 Å². The topological polar surface area (TPSA) is 74.6 Å². The lowest BCUT2D eigenvalue weighted by atomic mass is 9.72. The molecule has 0 atom stereocenters. The van der Waals surface area contributed by atoms with Gasteiger partial charge in [-0.3, -0.25) is 9.59 Å². The molecule has 0 bridgehead atoms. The van der Waals surface area contributed by atoms with Crippen LogP contribution < -0.4 is 0 Å². The normalized spacial score (nSPS) is 11.6. The second-order valence-electron chi connectivity index (χ2n) is 4.54. The highest BCUT2D eigenvalue weighted by atomic mass is 35.5. The van der Waals surface area contributed by atoms with Crippen molar-refractivity contribution in [1.82, 2.24) is 0 Å². The van der Waals surface area contributed by atoms with E-state index in [-0.39, 0.29) is 6.42 Å². The Hall–Kier alpha value is -1.55. The maximum atomic E-state index is 11.4. The summed E-state index contributed by atoms with van der Waals surface area (Å²) < 4.78 is 0. The highest BCUT2D eigenvalue weighted by molar-refractivity contribution is 6.30. The van der Waals surface area contributed by atoms with Crippen molar-refractivity contribution in [1.29, 1.82) is 0 Å². The first-order chi connectivity index (χ1) is 8.30. The fourth-order valence-corrected chi connectivity index (χ4v) is 1.99. The molecule has 0 amide bonds. The van der Waals surface area contributed by atoms with Crippen LogP contribution in [0.3, 0.4) is 0 Å². The minimum Gasteiger partial charge on any atom is -0.480 e. The van der Waals surface area contributed by atoms with Crippen molar-refractivity contribution in [2.75, 3.05) is 0 Å². The van der Waals surface area contributed by atoms with E-state index in [1.807, 2.05) is 0 Å². The van der Waals surface area contributed by atoms with E-state index in [0.29, 0.717) is 10.6 Å². The van der Waals surface area contributed by atoms with Gasteiger partial charge in [-0.1, -0.05) is 37.6 Å². The molecule has 1 rings (SSSR count). The van der Waals surface area contributed by atoms with Crippen molar-refractivity contribution >= 4 is 23.5 Å². The summed E-state index contributed by atoms with van der Waals surface area (Å²) in [5.74, 6) is -3.16. The van der Waals surface area contributed by atoms with E-state index in [4.69, 9.17) is 11.6 Å². The van der Waals surface area contributed by atoms with Crippen LogP contribution in [0.25, 0.3) is 0 Å². The number of hydrogen-bond donors (Lipinski definition) is 2. The molecule has 0 aliphatic carbocycles. The first-order valence-electron chi connectivity index (χ1n) is 5.52. The molecule has 0 saturated heterocycles. The number of rotatable bonds is 5. The molecule has 2 N–H and O–H groups in total. The molecule has 0 aromatic heterocycles. The van der Waals surface area contributed by atoms with Crippen LogP contribution in [0, 0.1) is 11.3 Å². The quantitative estimate of drug-likeness (QED) is 0.807. The van der Waals surface area contributed by atoms with Crippen LogP contribution in [-0.4, -0.2) is 22.2 Å². The molecule has 5 heteroatoms. The minimum atomic E-state index is -1.81. The van der Waals surface area contributed by atoms with Gasteiger partial charge in [0.15, 0.2) is 5.41 Å². The van der Waals surface area contributed by atoms with Gasteiger partial charge in [0.25, 0.3) is 0 Å². The Morgan fingerprint density at radius 3 is 1.94 bits per heavy atom. The van der Waals surface area contributed by atoms with Crippen LogP contribution in [0.1, 0.15) is 19.4 Å². The van der Waals surface area contributed by atoms with E-state index >= 15 is 0 Å². The van der Waals surface area contributed by atoms with Gasteiger partial charge in [-0.05, 0) is 30.0 Å². The Morgan fingerprint density at radius 2 is 1.61 bits per heavy atom. The summed E-state index contributed by atoms with van der Waals surface area (Å²) >= 11 is 5.74. The maximum Gasteiger partial charge on any atom is 0.321 e. The van der Waals surface area contributed by atoms with E-state index in [0.717, 1.165) is 0 Å². The molecule has 1 aromatic rings. The summed E-state index contributed by atoms with van der Waals surface area (Å²) in [6.07, 6.45) is -0.0630. The molecule has 18 heavy (non-hydrogen) atoms. The van der Waals surface area contributed by atoms with Crippen molar-refractivity contribution in [3.05, 3.63) is 34.9 Å². The number of halogens is 1. The largest absolute Gasteiger partial charge is 0.480 e. The number of aliphatic carboxylic acids is 2. The smallest absolute Gasteiger partial charge is 0.321 e. The fourth-order valence-electron chi connectivity index (χ4n) is 1.86. The van der Waals surface area contributed by atoms with Crippen molar-refractivity contribution in [2.24, 2.45) is 11.3 Å². The molecule has 0 fully saturated rings. The molecule has 0 radical (unpaired) electrons. The van der Waals surface area contributed by atoms with Crippen molar-refractivity contribution < 1.29 is 19.8 Å². The van der Waals surface area contributed by atoms with Crippen LogP contribution in [0.2, 0.25) is 5.02 Å². The number of hydrogen-bond acceptors (Lipinski definition) is 2. The van der Waals surface area contributed by atoms with Gasteiger partial charge < -0.3 is 10.2 Å². The summed E-state index contributed by atoms with van der Waals surface area (Å²) in [4.78, 5) is 22.7. The second kappa shape index (κ2) is 5.40. The van der Waals surface area contributed by atoms with Crippen molar-refractivity contribution in [3.8, 4) is 0 Å². The van der Waals surface area contributed by atoms with Gasteiger partial charge in [0.2, 0.25) is 0 Å². The molecular weight excluding hydrogens is 256 g/mol. The Bertz CT molecular complexity index is 437. The van der Waals surface area contributed by atoms with Crippen LogP contribution >= 0.6 is 11.6 Å². The average molecular weight is 271 g/mol. The fraction of sp³-hybridized carbons (Fsp3) is 0.385. The number of benzene rings is 1. The molecule has 0 aliphatic heterocycles. The lowest BCUT2D eigenvalue weighted by Crippen LogP contribution is -2.45. The Balaban J connectivity index is 3.16. The number of carbonyl (C=O) groups is 2. The van der Waals surface area contributed by atoms with E-state index in [2.05, 4.69) is 0 Å². The molecule has 98 valence electrons. The molecule has 0 saturated carbocycles. The minimum absolute atomic E-state index is 0.0630. The zero-order valence-corrected chi connectivity index (χ0v) is 10.9. The predicted molar refractivity (Wildman–Crippen MR) is 67.7 cm³/mol. The Labute approximate surface area is 110 Å². The summed E-state index contributed by atoms with van der Waals surface area (Å²) in [7, 11) is 0. The molecule has 0 unspecified atom stereocenters. The highest BCUT2D eigenvalue weighted by Crippen LogP contribution is 2.33. The number of carboxylic acids is 2. The molecule has 0 aliphatic rings. The lowest BCUT2D eigenvalue weighted by molar-refractivity contribution is -0.168. The third-order valence-corrected chi connectivity index (χ3v) is 3.40. The van der Waals surface area contributed by atoms with Gasteiger partial charge in [-0.25, -0.2) is 0 Å². The van der Waals surface area contributed by atoms with E-state index in [9.17, 15) is 19.8 Å². The van der Waals surface area contributed by atoms with Gasteiger partial charge in [-0.15, -0.1) is 0 Å². The van der Waals surface area contributed by atoms with Gasteiger partial charge in [0.05, 0.1) is 0 Å². The van der Waals surface area contributed by atoms with Gasteiger partial charge >= 0.3 is 11.9 Å². The first kappa shape index (κ1) is 14.5. The monoisotopic (exact) mass is 270 g/mol.